The lowest BCUT2D eigenvalue weighted by Gasteiger charge is -2.22. The standard InChI is InChI=1S/C13H18F3NO/c1-8(2)9-5-6-10(11(7-9)18-4)12(17-3)13(14,15)16/h5-8,12,17H,1-4H3. The molecule has 1 unspecified atom stereocenters. The quantitative estimate of drug-likeness (QED) is 0.893. The molecule has 0 radical (unpaired) electrons. The van der Waals surface area contributed by atoms with Gasteiger partial charge in [-0.15, -0.1) is 0 Å². The Labute approximate surface area is 105 Å². The SMILES string of the molecule is CNC(c1ccc(C(C)C)cc1OC)C(F)(F)F. The zero-order valence-corrected chi connectivity index (χ0v) is 10.9. The number of rotatable bonds is 4. The Kier molecular flexibility index (Phi) is 4.62. The van der Waals surface area contributed by atoms with Gasteiger partial charge in [-0.3, -0.25) is 0 Å². The summed E-state index contributed by atoms with van der Waals surface area (Å²) < 4.78 is 43.7. The fourth-order valence-electron chi connectivity index (χ4n) is 1.82. The van der Waals surface area contributed by atoms with E-state index in [0.717, 1.165) is 5.56 Å². The van der Waals surface area contributed by atoms with Gasteiger partial charge in [0.1, 0.15) is 11.8 Å². The normalized spacial score (nSPS) is 13.8. The Balaban J connectivity index is 3.23. The van der Waals surface area contributed by atoms with Crippen molar-refractivity contribution in [3.8, 4) is 5.75 Å². The second-order valence-corrected chi connectivity index (χ2v) is 4.42. The minimum Gasteiger partial charge on any atom is -0.496 e. The number of nitrogens with one attached hydrogen (secondary N) is 1. The first-order valence-electron chi connectivity index (χ1n) is 5.73. The summed E-state index contributed by atoms with van der Waals surface area (Å²) >= 11 is 0. The summed E-state index contributed by atoms with van der Waals surface area (Å²) in [5, 5.41) is 2.28. The van der Waals surface area contributed by atoms with E-state index in [1.807, 2.05) is 13.8 Å². The van der Waals surface area contributed by atoms with Crippen molar-refractivity contribution in [3.05, 3.63) is 29.3 Å². The third-order valence-electron chi connectivity index (χ3n) is 2.85. The van der Waals surface area contributed by atoms with Crippen molar-refractivity contribution in [1.29, 1.82) is 0 Å². The van der Waals surface area contributed by atoms with Crippen LogP contribution in [0.4, 0.5) is 13.2 Å². The number of methoxy groups -OCH3 is 1. The molecule has 0 aliphatic heterocycles. The number of hydrogen-bond donors (Lipinski definition) is 1. The summed E-state index contributed by atoms with van der Waals surface area (Å²) in [5.74, 6) is 0.504. The first kappa shape index (κ1) is 14.8. The zero-order valence-electron chi connectivity index (χ0n) is 10.9. The number of alkyl halides is 3. The first-order chi connectivity index (χ1) is 8.31. The highest BCUT2D eigenvalue weighted by atomic mass is 19.4. The van der Waals surface area contributed by atoms with Crippen molar-refractivity contribution in [3.63, 3.8) is 0 Å². The molecule has 1 aromatic carbocycles. The minimum absolute atomic E-state index is 0.108. The Morgan fingerprint density at radius 2 is 1.83 bits per heavy atom. The van der Waals surface area contributed by atoms with E-state index in [0.29, 0.717) is 0 Å². The van der Waals surface area contributed by atoms with Crippen molar-refractivity contribution in [2.75, 3.05) is 14.2 Å². The third kappa shape index (κ3) is 3.16. The molecular formula is C13H18F3NO. The molecule has 0 saturated carbocycles. The van der Waals surface area contributed by atoms with Crippen LogP contribution < -0.4 is 10.1 Å². The second kappa shape index (κ2) is 5.61. The molecule has 0 amide bonds. The van der Waals surface area contributed by atoms with Gasteiger partial charge in [-0.05, 0) is 24.6 Å². The van der Waals surface area contributed by atoms with Gasteiger partial charge >= 0.3 is 6.18 Å². The van der Waals surface area contributed by atoms with Crippen molar-refractivity contribution >= 4 is 0 Å². The monoisotopic (exact) mass is 261 g/mol. The molecule has 1 N–H and O–H groups in total. The maximum atomic E-state index is 12.9. The van der Waals surface area contributed by atoms with E-state index in [9.17, 15) is 13.2 Å². The maximum Gasteiger partial charge on any atom is 0.408 e. The average Bonchev–Trinajstić information content (AvgIpc) is 2.28. The maximum absolute atomic E-state index is 12.9. The lowest BCUT2D eigenvalue weighted by molar-refractivity contribution is -0.156. The van der Waals surface area contributed by atoms with Crippen LogP contribution in [0, 0.1) is 0 Å². The number of benzene rings is 1. The van der Waals surface area contributed by atoms with Crippen LogP contribution in [0.2, 0.25) is 0 Å². The number of halogens is 3. The van der Waals surface area contributed by atoms with E-state index in [1.54, 1.807) is 12.1 Å². The molecule has 0 saturated heterocycles. The summed E-state index contributed by atoms with van der Waals surface area (Å²) in [7, 11) is 2.67. The van der Waals surface area contributed by atoms with Gasteiger partial charge in [0.05, 0.1) is 7.11 Å². The smallest absolute Gasteiger partial charge is 0.408 e. The average molecular weight is 261 g/mol. The van der Waals surface area contributed by atoms with Crippen molar-refractivity contribution < 1.29 is 17.9 Å². The Morgan fingerprint density at radius 1 is 1.22 bits per heavy atom. The zero-order chi connectivity index (χ0) is 13.9. The molecule has 0 bridgehead atoms. The van der Waals surface area contributed by atoms with Gasteiger partial charge in [0.25, 0.3) is 0 Å². The Bertz CT molecular complexity index is 402. The summed E-state index contributed by atoms with van der Waals surface area (Å²) in [6, 6.07) is 3.13. The van der Waals surface area contributed by atoms with Crippen molar-refractivity contribution in [1.82, 2.24) is 5.32 Å². The van der Waals surface area contributed by atoms with Crippen LogP contribution in [0.5, 0.6) is 5.75 Å². The van der Waals surface area contributed by atoms with Crippen LogP contribution in [0.3, 0.4) is 0 Å². The predicted octanol–water partition coefficient (Wildman–Crippen LogP) is 3.64. The fraction of sp³-hybridized carbons (Fsp3) is 0.538. The van der Waals surface area contributed by atoms with Gasteiger partial charge < -0.3 is 10.1 Å². The van der Waals surface area contributed by atoms with Crippen LogP contribution >= 0.6 is 0 Å². The summed E-state index contributed by atoms with van der Waals surface area (Å²) in [6.07, 6.45) is -4.35. The van der Waals surface area contributed by atoms with Gasteiger partial charge in [-0.2, -0.15) is 13.2 Å². The van der Waals surface area contributed by atoms with Crippen LogP contribution in [0.15, 0.2) is 18.2 Å². The van der Waals surface area contributed by atoms with Gasteiger partial charge in [-0.25, -0.2) is 0 Å². The molecule has 0 aliphatic rings. The highest BCUT2D eigenvalue weighted by Gasteiger charge is 2.41. The van der Waals surface area contributed by atoms with Crippen molar-refractivity contribution in [2.24, 2.45) is 0 Å². The van der Waals surface area contributed by atoms with Gasteiger partial charge in [-0.1, -0.05) is 26.0 Å². The van der Waals surface area contributed by atoms with Gasteiger partial charge in [0.2, 0.25) is 0 Å². The molecule has 1 rings (SSSR count). The molecule has 0 heterocycles. The number of ether oxygens (including phenoxy) is 1. The third-order valence-corrected chi connectivity index (χ3v) is 2.85. The molecule has 0 spiro atoms. The molecule has 1 aromatic rings. The molecule has 0 aromatic heterocycles. The van der Waals surface area contributed by atoms with Crippen molar-refractivity contribution in [2.45, 2.75) is 32.0 Å². The van der Waals surface area contributed by atoms with Crippen LogP contribution in [-0.4, -0.2) is 20.3 Å². The second-order valence-electron chi connectivity index (χ2n) is 4.42. The molecule has 0 aliphatic carbocycles. The highest BCUT2D eigenvalue weighted by Crippen LogP contribution is 2.38. The van der Waals surface area contributed by atoms with E-state index in [2.05, 4.69) is 5.32 Å². The van der Waals surface area contributed by atoms with E-state index < -0.39 is 12.2 Å². The summed E-state index contributed by atoms with van der Waals surface area (Å²) in [5.41, 5.74) is 1.06. The molecular weight excluding hydrogens is 243 g/mol. The topological polar surface area (TPSA) is 21.3 Å². The molecule has 2 nitrogen and oxygen atoms in total. The summed E-state index contributed by atoms with van der Waals surface area (Å²) in [6.45, 7) is 3.96. The fourth-order valence-corrected chi connectivity index (χ4v) is 1.82. The molecule has 5 heteroatoms. The Hall–Kier alpha value is -1.23. The summed E-state index contributed by atoms with van der Waals surface area (Å²) in [4.78, 5) is 0. The lowest BCUT2D eigenvalue weighted by atomic mass is 9.97. The minimum atomic E-state index is -4.35. The van der Waals surface area contributed by atoms with Crippen LogP contribution in [0.1, 0.15) is 36.9 Å². The highest BCUT2D eigenvalue weighted by molar-refractivity contribution is 5.41. The lowest BCUT2D eigenvalue weighted by Crippen LogP contribution is -2.32. The van der Waals surface area contributed by atoms with Gasteiger partial charge in [0, 0.05) is 5.56 Å². The molecule has 1 atom stereocenters. The number of hydrogen-bond acceptors (Lipinski definition) is 2. The van der Waals surface area contributed by atoms with E-state index in [4.69, 9.17) is 4.74 Å². The first-order valence-corrected chi connectivity index (χ1v) is 5.73. The largest absolute Gasteiger partial charge is 0.496 e. The van der Waals surface area contributed by atoms with E-state index >= 15 is 0 Å². The van der Waals surface area contributed by atoms with Gasteiger partial charge in [0.15, 0.2) is 0 Å². The van der Waals surface area contributed by atoms with E-state index in [-0.39, 0.29) is 17.2 Å². The molecule has 0 fully saturated rings. The van der Waals surface area contributed by atoms with Crippen LogP contribution in [-0.2, 0) is 0 Å². The predicted molar refractivity (Wildman–Crippen MR) is 64.9 cm³/mol. The van der Waals surface area contributed by atoms with E-state index in [1.165, 1.54) is 20.2 Å². The molecule has 18 heavy (non-hydrogen) atoms. The van der Waals surface area contributed by atoms with Crippen LogP contribution in [0.25, 0.3) is 0 Å². The Morgan fingerprint density at radius 3 is 2.22 bits per heavy atom. The molecule has 102 valence electrons.